The summed E-state index contributed by atoms with van der Waals surface area (Å²) in [5.74, 6) is -2.52. The fourth-order valence-corrected chi connectivity index (χ4v) is 0.680. The van der Waals surface area contributed by atoms with Crippen molar-refractivity contribution in [2.75, 3.05) is 6.61 Å². The normalized spacial score (nSPS) is 11.4. The van der Waals surface area contributed by atoms with Gasteiger partial charge in [-0.2, -0.15) is 5.26 Å². The van der Waals surface area contributed by atoms with E-state index in [1.807, 2.05) is 0 Å². The highest BCUT2D eigenvalue weighted by Crippen LogP contribution is 2.03. The van der Waals surface area contributed by atoms with Crippen molar-refractivity contribution in [2.24, 2.45) is 5.92 Å². The first-order valence-electron chi connectivity index (χ1n) is 3.77. The maximum absolute atomic E-state index is 11.0. The molecule has 0 aliphatic heterocycles. The van der Waals surface area contributed by atoms with Crippen LogP contribution in [-0.2, 0) is 14.3 Å². The molecule has 0 saturated carbocycles. The van der Waals surface area contributed by atoms with Gasteiger partial charge in [0.05, 0.1) is 12.7 Å². The molecule has 0 amide bonds. The molecule has 0 N–H and O–H groups in total. The lowest BCUT2D eigenvalue weighted by atomic mass is 10.0. The highest BCUT2D eigenvalue weighted by molar-refractivity contribution is 6.35. The van der Waals surface area contributed by atoms with E-state index in [2.05, 4.69) is 4.74 Å². The van der Waals surface area contributed by atoms with Gasteiger partial charge in [0.1, 0.15) is 5.92 Å². The van der Waals surface area contributed by atoms with Crippen LogP contribution >= 0.6 is 0 Å². The second-order valence-electron chi connectivity index (χ2n) is 2.17. The summed E-state index contributed by atoms with van der Waals surface area (Å²) < 4.78 is 4.45. The topological polar surface area (TPSA) is 67.2 Å². The molecule has 0 heterocycles. The second kappa shape index (κ2) is 5.30. The first kappa shape index (κ1) is 10.6. The minimum Gasteiger partial charge on any atom is -0.460 e. The lowest BCUT2D eigenvalue weighted by molar-refractivity contribution is -0.154. The molecule has 4 nitrogen and oxygen atoms in total. The number of carbonyl (C=O) groups excluding carboxylic acids is 2. The van der Waals surface area contributed by atoms with Gasteiger partial charge in [-0.3, -0.25) is 4.79 Å². The van der Waals surface area contributed by atoms with Crippen LogP contribution in [0.1, 0.15) is 20.3 Å². The Morgan fingerprint density at radius 2 is 2.08 bits per heavy atom. The number of ketones is 1. The predicted octanol–water partition coefficient (Wildman–Crippen LogP) is 0.668. The van der Waals surface area contributed by atoms with Crippen LogP contribution in [0.5, 0.6) is 0 Å². The number of ether oxygens (including phenoxy) is 1. The summed E-state index contributed by atoms with van der Waals surface area (Å²) in [7, 11) is 0. The smallest absolute Gasteiger partial charge is 0.376 e. The van der Waals surface area contributed by atoms with E-state index in [9.17, 15) is 9.59 Å². The highest BCUT2D eigenvalue weighted by Gasteiger charge is 2.24. The molecule has 1 unspecified atom stereocenters. The average molecular weight is 169 g/mol. The molecule has 0 aromatic heterocycles. The molecule has 0 saturated heterocycles. The summed E-state index contributed by atoms with van der Waals surface area (Å²) in [6.07, 6.45) is 0.341. The molecular weight excluding hydrogens is 158 g/mol. The van der Waals surface area contributed by atoms with Gasteiger partial charge in [0.2, 0.25) is 0 Å². The van der Waals surface area contributed by atoms with E-state index in [0.717, 1.165) is 0 Å². The zero-order chi connectivity index (χ0) is 9.56. The molecule has 0 aliphatic carbocycles. The van der Waals surface area contributed by atoms with Crippen LogP contribution in [0.15, 0.2) is 0 Å². The van der Waals surface area contributed by atoms with Crippen molar-refractivity contribution in [3.8, 4) is 6.07 Å². The molecule has 0 spiro atoms. The number of nitrogens with zero attached hydrogens (tertiary/aromatic N) is 1. The van der Waals surface area contributed by atoms with Gasteiger partial charge in [0.15, 0.2) is 0 Å². The van der Waals surface area contributed by atoms with Crippen molar-refractivity contribution in [1.82, 2.24) is 0 Å². The molecule has 0 rings (SSSR count). The molecule has 0 aromatic rings. The number of esters is 1. The quantitative estimate of drug-likeness (QED) is 0.458. The number of rotatable bonds is 4. The summed E-state index contributed by atoms with van der Waals surface area (Å²) in [5.41, 5.74) is 0. The Balaban J connectivity index is 4.19. The maximum Gasteiger partial charge on any atom is 0.376 e. The van der Waals surface area contributed by atoms with E-state index in [1.165, 1.54) is 0 Å². The van der Waals surface area contributed by atoms with Crippen LogP contribution in [-0.4, -0.2) is 18.4 Å². The summed E-state index contributed by atoms with van der Waals surface area (Å²) in [5, 5.41) is 8.43. The van der Waals surface area contributed by atoms with Gasteiger partial charge in [-0.15, -0.1) is 0 Å². The van der Waals surface area contributed by atoms with Crippen molar-refractivity contribution in [3.63, 3.8) is 0 Å². The van der Waals surface area contributed by atoms with E-state index in [4.69, 9.17) is 5.26 Å². The van der Waals surface area contributed by atoms with E-state index < -0.39 is 17.7 Å². The molecule has 1 atom stereocenters. The first-order chi connectivity index (χ1) is 5.67. The lowest BCUT2D eigenvalue weighted by Crippen LogP contribution is -2.24. The van der Waals surface area contributed by atoms with Gasteiger partial charge in [0.25, 0.3) is 5.78 Å². The van der Waals surface area contributed by atoms with E-state index in [0.29, 0.717) is 6.42 Å². The number of nitriles is 1. The number of Topliss-reactive ketones (excluding diaryl/α,β-unsaturated/α-hetero) is 1. The third kappa shape index (κ3) is 2.70. The fourth-order valence-electron chi connectivity index (χ4n) is 0.680. The Labute approximate surface area is 71.1 Å². The van der Waals surface area contributed by atoms with Gasteiger partial charge in [-0.1, -0.05) is 6.92 Å². The summed E-state index contributed by atoms with van der Waals surface area (Å²) in [6.45, 7) is 3.44. The van der Waals surface area contributed by atoms with Crippen LogP contribution in [0.4, 0.5) is 0 Å². The maximum atomic E-state index is 11.0. The molecule has 0 aromatic carbocycles. The van der Waals surface area contributed by atoms with Crippen LogP contribution in [0.2, 0.25) is 0 Å². The third-order valence-electron chi connectivity index (χ3n) is 1.36. The van der Waals surface area contributed by atoms with Gasteiger partial charge in [0, 0.05) is 0 Å². The summed E-state index contributed by atoms with van der Waals surface area (Å²) >= 11 is 0. The Bertz CT molecular complexity index is 217. The molecule has 0 radical (unpaired) electrons. The van der Waals surface area contributed by atoms with Crippen molar-refractivity contribution in [3.05, 3.63) is 0 Å². The van der Waals surface area contributed by atoms with Crippen molar-refractivity contribution in [1.29, 1.82) is 5.26 Å². The molecular formula is C8H11NO3. The van der Waals surface area contributed by atoms with Gasteiger partial charge in [-0.05, 0) is 13.3 Å². The minimum atomic E-state index is -0.911. The molecule has 4 heteroatoms. The highest BCUT2D eigenvalue weighted by atomic mass is 16.5. The van der Waals surface area contributed by atoms with E-state index in [1.54, 1.807) is 19.9 Å². The van der Waals surface area contributed by atoms with Gasteiger partial charge in [-0.25, -0.2) is 4.79 Å². The third-order valence-corrected chi connectivity index (χ3v) is 1.36. The Morgan fingerprint density at radius 1 is 1.50 bits per heavy atom. The number of hydrogen-bond acceptors (Lipinski definition) is 4. The van der Waals surface area contributed by atoms with E-state index in [-0.39, 0.29) is 6.61 Å². The average Bonchev–Trinajstić information content (AvgIpc) is 2.07. The molecule has 66 valence electrons. The fraction of sp³-hybridized carbons (Fsp3) is 0.625. The van der Waals surface area contributed by atoms with Gasteiger partial charge < -0.3 is 4.74 Å². The largest absolute Gasteiger partial charge is 0.460 e. The van der Waals surface area contributed by atoms with E-state index >= 15 is 0 Å². The number of carbonyl (C=O) groups is 2. The van der Waals surface area contributed by atoms with Crippen LogP contribution < -0.4 is 0 Å². The molecule has 0 bridgehead atoms. The number of hydrogen-bond donors (Lipinski definition) is 0. The predicted molar refractivity (Wildman–Crippen MR) is 41.0 cm³/mol. The second-order valence-corrected chi connectivity index (χ2v) is 2.17. The summed E-state index contributed by atoms with van der Waals surface area (Å²) in [4.78, 5) is 21.8. The molecule has 12 heavy (non-hydrogen) atoms. The van der Waals surface area contributed by atoms with Crippen molar-refractivity contribution >= 4 is 11.8 Å². The van der Waals surface area contributed by atoms with Gasteiger partial charge >= 0.3 is 5.97 Å². The Hall–Kier alpha value is -1.37. The Morgan fingerprint density at radius 3 is 2.42 bits per heavy atom. The molecule has 0 aliphatic rings. The first-order valence-corrected chi connectivity index (χ1v) is 3.77. The lowest BCUT2D eigenvalue weighted by Gasteiger charge is -2.02. The Kier molecular flexibility index (Phi) is 4.70. The van der Waals surface area contributed by atoms with Crippen LogP contribution in [0.3, 0.4) is 0 Å². The van der Waals surface area contributed by atoms with Crippen molar-refractivity contribution in [2.45, 2.75) is 20.3 Å². The molecule has 0 fully saturated rings. The monoisotopic (exact) mass is 169 g/mol. The zero-order valence-corrected chi connectivity index (χ0v) is 7.16. The van der Waals surface area contributed by atoms with Crippen LogP contribution in [0, 0.1) is 17.2 Å². The zero-order valence-electron chi connectivity index (χ0n) is 7.16. The minimum absolute atomic E-state index is 0.159. The SMILES string of the molecule is CCOC(=O)C(=O)C(C#N)CC. The standard InChI is InChI=1S/C8H11NO3/c1-3-6(5-9)7(10)8(11)12-4-2/h6H,3-4H2,1-2H3. The van der Waals surface area contributed by atoms with Crippen molar-refractivity contribution < 1.29 is 14.3 Å². The van der Waals surface area contributed by atoms with Crippen LogP contribution in [0.25, 0.3) is 0 Å². The summed E-state index contributed by atoms with van der Waals surface area (Å²) in [6, 6.07) is 1.74.